The van der Waals surface area contributed by atoms with Crippen LogP contribution in [-0.4, -0.2) is 78.4 Å². The quantitative estimate of drug-likeness (QED) is 0.371. The number of carbonyl (C=O) groups excluding carboxylic acids is 2. The number of aliphatic imine (C=N–C) groups is 1. The Morgan fingerprint density at radius 2 is 2.00 bits per heavy atom. The Labute approximate surface area is 191 Å². The second-order valence-electron chi connectivity index (χ2n) is 7.64. The smallest absolute Gasteiger partial charge is 0.241 e. The van der Waals surface area contributed by atoms with Gasteiger partial charge in [0.1, 0.15) is 5.92 Å². The number of thiocarbonyl (C=S) groups is 1. The van der Waals surface area contributed by atoms with Gasteiger partial charge in [0.05, 0.1) is 18.9 Å². The maximum absolute atomic E-state index is 12.7. The predicted octanol–water partition coefficient (Wildman–Crippen LogP) is 2.42. The molecule has 9 heteroatoms. The highest BCUT2D eigenvalue weighted by atomic mass is 79.9. The van der Waals surface area contributed by atoms with E-state index in [1.54, 1.807) is 4.90 Å². The molecule has 30 heavy (non-hydrogen) atoms. The van der Waals surface area contributed by atoms with Crippen LogP contribution in [0.25, 0.3) is 0 Å². The first-order chi connectivity index (χ1) is 14.5. The van der Waals surface area contributed by atoms with Gasteiger partial charge >= 0.3 is 0 Å². The lowest BCUT2D eigenvalue weighted by molar-refractivity contribution is -0.128. The Bertz CT molecular complexity index is 747. The SMILES string of the molecule is O=C(CCCCCN1C(=O)C2C=C(Br)C=CC2=NC1=S)NCCCN1CCOCC1. The standard InChI is InChI=1S/C21H29BrN4O3S/c22-16-6-7-18-17(15-16)20(28)26(21(30)24-18)10-3-1-2-5-19(27)23-8-4-9-25-11-13-29-14-12-25/h6-7,15,17H,1-5,8-14H2,(H,23,27). The largest absolute Gasteiger partial charge is 0.379 e. The Morgan fingerprint density at radius 1 is 1.20 bits per heavy atom. The monoisotopic (exact) mass is 496 g/mol. The molecule has 0 radical (unpaired) electrons. The van der Waals surface area contributed by atoms with Crippen LogP contribution in [0, 0.1) is 5.92 Å². The molecule has 0 aromatic carbocycles. The van der Waals surface area contributed by atoms with Crippen molar-refractivity contribution in [3.05, 3.63) is 22.7 Å². The highest BCUT2D eigenvalue weighted by molar-refractivity contribution is 9.11. The lowest BCUT2D eigenvalue weighted by Crippen LogP contribution is -2.46. The highest BCUT2D eigenvalue weighted by Gasteiger charge is 2.34. The van der Waals surface area contributed by atoms with E-state index in [1.807, 2.05) is 18.2 Å². The van der Waals surface area contributed by atoms with Crippen LogP contribution in [0.15, 0.2) is 27.7 Å². The van der Waals surface area contributed by atoms with Crippen molar-refractivity contribution < 1.29 is 14.3 Å². The number of morpholine rings is 1. The molecule has 2 amide bonds. The topological polar surface area (TPSA) is 74.2 Å². The van der Waals surface area contributed by atoms with Crippen LogP contribution in [0.4, 0.5) is 0 Å². The van der Waals surface area contributed by atoms with E-state index in [2.05, 4.69) is 31.1 Å². The van der Waals surface area contributed by atoms with Crippen molar-refractivity contribution in [2.45, 2.75) is 32.1 Å². The number of hydrogen-bond donors (Lipinski definition) is 1. The number of nitrogens with one attached hydrogen (secondary N) is 1. The molecule has 1 unspecified atom stereocenters. The third kappa shape index (κ3) is 6.80. The number of amides is 2. The van der Waals surface area contributed by atoms with Crippen LogP contribution in [-0.2, 0) is 14.3 Å². The van der Waals surface area contributed by atoms with E-state index >= 15 is 0 Å². The van der Waals surface area contributed by atoms with E-state index < -0.39 is 0 Å². The average Bonchev–Trinajstić information content (AvgIpc) is 2.74. The molecule has 1 aliphatic carbocycles. The summed E-state index contributed by atoms with van der Waals surface area (Å²) in [5, 5.41) is 3.33. The highest BCUT2D eigenvalue weighted by Crippen LogP contribution is 2.25. The van der Waals surface area contributed by atoms with E-state index in [9.17, 15) is 9.59 Å². The van der Waals surface area contributed by atoms with Gasteiger partial charge in [0, 0.05) is 37.1 Å². The van der Waals surface area contributed by atoms with Gasteiger partial charge in [-0.15, -0.1) is 0 Å². The van der Waals surface area contributed by atoms with Gasteiger partial charge in [-0.25, -0.2) is 4.99 Å². The molecule has 0 bridgehead atoms. The molecule has 7 nitrogen and oxygen atoms in total. The van der Waals surface area contributed by atoms with Crippen LogP contribution in [0.3, 0.4) is 0 Å². The van der Waals surface area contributed by atoms with Crippen LogP contribution in [0.5, 0.6) is 0 Å². The maximum atomic E-state index is 12.7. The van der Waals surface area contributed by atoms with Crippen molar-refractivity contribution in [3.8, 4) is 0 Å². The predicted molar refractivity (Wildman–Crippen MR) is 125 cm³/mol. The molecule has 1 atom stereocenters. The van der Waals surface area contributed by atoms with Gasteiger partial charge in [-0.2, -0.15) is 0 Å². The van der Waals surface area contributed by atoms with Gasteiger partial charge in [-0.3, -0.25) is 19.4 Å². The second kappa shape index (κ2) is 11.8. The molecule has 2 aliphatic heterocycles. The van der Waals surface area contributed by atoms with E-state index in [-0.39, 0.29) is 17.7 Å². The zero-order valence-corrected chi connectivity index (χ0v) is 19.5. The minimum Gasteiger partial charge on any atom is -0.379 e. The summed E-state index contributed by atoms with van der Waals surface area (Å²) in [5.41, 5.74) is 0.703. The number of carbonyl (C=O) groups is 2. The van der Waals surface area contributed by atoms with Gasteiger partial charge in [0.2, 0.25) is 16.9 Å². The zero-order chi connectivity index (χ0) is 21.3. The van der Waals surface area contributed by atoms with Gasteiger partial charge in [0.25, 0.3) is 0 Å². The molecule has 3 rings (SSSR count). The summed E-state index contributed by atoms with van der Waals surface area (Å²) in [7, 11) is 0. The number of unbranched alkanes of at least 4 members (excludes halogenated alkanes) is 2. The van der Waals surface area contributed by atoms with E-state index in [0.29, 0.717) is 30.3 Å². The molecule has 2 heterocycles. The average molecular weight is 497 g/mol. The molecule has 0 saturated carbocycles. The third-order valence-corrected chi connectivity index (χ3v) is 6.25. The molecule has 1 saturated heterocycles. The minimum absolute atomic E-state index is 0.0238. The van der Waals surface area contributed by atoms with E-state index in [0.717, 1.165) is 63.0 Å². The summed E-state index contributed by atoms with van der Waals surface area (Å²) >= 11 is 8.72. The number of ether oxygens (including phenoxy) is 1. The summed E-state index contributed by atoms with van der Waals surface area (Å²) in [6.07, 6.45) is 9.51. The molecule has 1 fully saturated rings. The van der Waals surface area contributed by atoms with Crippen molar-refractivity contribution >= 4 is 50.8 Å². The normalized spacial score (nSPS) is 21.9. The molecular formula is C21H29BrN4O3S. The van der Waals surface area contributed by atoms with Gasteiger partial charge in [-0.1, -0.05) is 28.4 Å². The zero-order valence-electron chi connectivity index (χ0n) is 17.1. The number of rotatable bonds is 10. The fraction of sp³-hybridized carbons (Fsp3) is 0.619. The number of halogens is 1. The summed E-state index contributed by atoms with van der Waals surface area (Å²) in [6, 6.07) is 0. The number of nitrogens with zero attached hydrogens (tertiary/aromatic N) is 3. The van der Waals surface area contributed by atoms with Crippen LogP contribution >= 0.6 is 28.1 Å². The first kappa shape index (κ1) is 23.2. The summed E-state index contributed by atoms with van der Waals surface area (Å²) in [4.78, 5) is 33.1. The Kier molecular flexibility index (Phi) is 9.17. The lowest BCUT2D eigenvalue weighted by atomic mass is 9.95. The van der Waals surface area contributed by atoms with Crippen molar-refractivity contribution in [2.75, 3.05) is 45.9 Å². The van der Waals surface area contributed by atoms with Gasteiger partial charge in [0.15, 0.2) is 0 Å². The van der Waals surface area contributed by atoms with Crippen LogP contribution < -0.4 is 5.32 Å². The molecule has 1 N–H and O–H groups in total. The molecule has 164 valence electrons. The van der Waals surface area contributed by atoms with Crippen LogP contribution in [0.1, 0.15) is 32.1 Å². The van der Waals surface area contributed by atoms with Crippen molar-refractivity contribution in [1.82, 2.24) is 15.1 Å². The fourth-order valence-electron chi connectivity index (χ4n) is 3.69. The molecule has 3 aliphatic rings. The van der Waals surface area contributed by atoms with Crippen LogP contribution in [0.2, 0.25) is 0 Å². The fourth-order valence-corrected chi connectivity index (χ4v) is 4.37. The molecular weight excluding hydrogens is 468 g/mol. The van der Waals surface area contributed by atoms with E-state index in [4.69, 9.17) is 17.0 Å². The first-order valence-electron chi connectivity index (χ1n) is 10.6. The minimum atomic E-state index is -0.362. The summed E-state index contributed by atoms with van der Waals surface area (Å²) in [6.45, 7) is 5.83. The molecule has 0 spiro atoms. The number of allylic oxidation sites excluding steroid dienone is 3. The Balaban J connectivity index is 1.27. The number of fused-ring (bicyclic) bond motifs is 1. The summed E-state index contributed by atoms with van der Waals surface area (Å²) in [5.74, 6) is -0.289. The first-order valence-corrected chi connectivity index (χ1v) is 11.8. The molecule has 0 aromatic heterocycles. The summed E-state index contributed by atoms with van der Waals surface area (Å²) < 4.78 is 6.21. The number of hydrogen-bond acceptors (Lipinski definition) is 5. The van der Waals surface area contributed by atoms with Crippen molar-refractivity contribution in [3.63, 3.8) is 0 Å². The Hall–Kier alpha value is -1.42. The van der Waals surface area contributed by atoms with Gasteiger partial charge < -0.3 is 10.1 Å². The third-order valence-electron chi connectivity index (χ3n) is 5.41. The van der Waals surface area contributed by atoms with Gasteiger partial charge in [-0.05, 0) is 50.2 Å². The Morgan fingerprint density at radius 3 is 2.80 bits per heavy atom. The maximum Gasteiger partial charge on any atom is 0.241 e. The van der Waals surface area contributed by atoms with E-state index in [1.165, 1.54) is 0 Å². The van der Waals surface area contributed by atoms with Crippen molar-refractivity contribution in [1.29, 1.82) is 0 Å². The van der Waals surface area contributed by atoms with Crippen molar-refractivity contribution in [2.24, 2.45) is 10.9 Å². The lowest BCUT2D eigenvalue weighted by Gasteiger charge is -2.30. The molecule has 0 aromatic rings. The second-order valence-corrected chi connectivity index (χ2v) is 8.92.